The molecule has 112 valence electrons. The second kappa shape index (κ2) is 7.04. The Hall–Kier alpha value is -2.14. The third-order valence-corrected chi connectivity index (χ3v) is 3.24. The average molecular weight is 292 g/mol. The number of para-hydroxylation sites is 2. The van der Waals surface area contributed by atoms with Crippen molar-refractivity contribution in [1.29, 1.82) is 0 Å². The molecule has 0 amide bonds. The Labute approximate surface area is 122 Å². The minimum Gasteiger partial charge on any atom is -0.495 e. The topological polar surface area (TPSA) is 47.3 Å². The fourth-order valence-corrected chi connectivity index (χ4v) is 2.14. The number of benzene rings is 2. The first-order valence-corrected chi connectivity index (χ1v) is 6.63. The van der Waals surface area contributed by atoms with Crippen LogP contribution in [0, 0.1) is 0 Å². The number of nitrogens with two attached hydrogens (primary N) is 1. The Morgan fingerprint density at radius 3 is 2.48 bits per heavy atom. The Morgan fingerprint density at radius 1 is 1.10 bits per heavy atom. The molecule has 21 heavy (non-hydrogen) atoms. The van der Waals surface area contributed by atoms with Gasteiger partial charge in [0.2, 0.25) is 0 Å². The Kier molecular flexibility index (Phi) is 5.11. The van der Waals surface area contributed by atoms with Crippen molar-refractivity contribution in [2.24, 2.45) is 5.73 Å². The molecule has 1 unspecified atom stereocenters. The Morgan fingerprint density at radius 2 is 1.81 bits per heavy atom. The van der Waals surface area contributed by atoms with Crippen molar-refractivity contribution in [2.45, 2.75) is 12.5 Å². The van der Waals surface area contributed by atoms with Crippen molar-refractivity contribution in [3.05, 3.63) is 59.7 Å². The highest BCUT2D eigenvalue weighted by atomic mass is 19.3. The van der Waals surface area contributed by atoms with E-state index in [4.69, 9.17) is 10.5 Å². The van der Waals surface area contributed by atoms with Crippen LogP contribution >= 0.6 is 0 Å². The lowest BCUT2D eigenvalue weighted by molar-refractivity contribution is 0.151. The lowest BCUT2D eigenvalue weighted by Crippen LogP contribution is -2.21. The lowest BCUT2D eigenvalue weighted by Gasteiger charge is -2.21. The number of methoxy groups -OCH3 is 1. The SMILES string of the molecule is COc1ccccc1NC(CN)c1cccc(C(F)F)c1. The fraction of sp³-hybridized carbons (Fsp3) is 0.250. The zero-order chi connectivity index (χ0) is 15.2. The molecule has 0 aliphatic rings. The summed E-state index contributed by atoms with van der Waals surface area (Å²) in [4.78, 5) is 0. The minimum atomic E-state index is -2.49. The summed E-state index contributed by atoms with van der Waals surface area (Å²) in [5.74, 6) is 0.681. The molecule has 0 aliphatic heterocycles. The molecule has 3 nitrogen and oxygen atoms in total. The number of alkyl halides is 2. The summed E-state index contributed by atoms with van der Waals surface area (Å²) < 4.78 is 30.8. The number of hydrogen-bond acceptors (Lipinski definition) is 3. The molecule has 0 aromatic heterocycles. The van der Waals surface area contributed by atoms with E-state index in [1.54, 1.807) is 19.2 Å². The van der Waals surface area contributed by atoms with Gasteiger partial charge in [-0.1, -0.05) is 30.3 Å². The van der Waals surface area contributed by atoms with Gasteiger partial charge >= 0.3 is 0 Å². The highest BCUT2D eigenvalue weighted by Gasteiger charge is 2.14. The van der Waals surface area contributed by atoms with Crippen LogP contribution in [0.4, 0.5) is 14.5 Å². The van der Waals surface area contributed by atoms with Gasteiger partial charge in [0.05, 0.1) is 18.8 Å². The predicted molar refractivity (Wildman–Crippen MR) is 79.8 cm³/mol. The zero-order valence-corrected chi connectivity index (χ0v) is 11.7. The summed E-state index contributed by atoms with van der Waals surface area (Å²) in [6, 6.07) is 13.4. The maximum Gasteiger partial charge on any atom is 0.263 e. The summed E-state index contributed by atoms with van der Waals surface area (Å²) in [6.45, 7) is 0.282. The fourth-order valence-electron chi connectivity index (χ4n) is 2.14. The van der Waals surface area contributed by atoms with Crippen LogP contribution in [0.2, 0.25) is 0 Å². The van der Waals surface area contributed by atoms with Crippen molar-refractivity contribution in [3.8, 4) is 5.75 Å². The highest BCUT2D eigenvalue weighted by molar-refractivity contribution is 5.57. The standard InChI is InChI=1S/C16H18F2N2O/c1-21-15-8-3-2-7-13(15)20-14(10-19)11-5-4-6-12(9-11)16(17)18/h2-9,14,16,20H,10,19H2,1H3. The van der Waals surface area contributed by atoms with Gasteiger partial charge in [-0.05, 0) is 23.8 Å². The number of rotatable bonds is 6. The van der Waals surface area contributed by atoms with Crippen LogP contribution in [0.3, 0.4) is 0 Å². The van der Waals surface area contributed by atoms with Crippen LogP contribution in [0.1, 0.15) is 23.6 Å². The first-order chi connectivity index (χ1) is 10.2. The first kappa shape index (κ1) is 15.3. The predicted octanol–water partition coefficient (Wildman–Crippen LogP) is 3.74. The van der Waals surface area contributed by atoms with Gasteiger partial charge in [0, 0.05) is 12.1 Å². The average Bonchev–Trinajstić information content (AvgIpc) is 2.53. The van der Waals surface area contributed by atoms with Gasteiger partial charge in [-0.25, -0.2) is 8.78 Å². The van der Waals surface area contributed by atoms with Crippen LogP contribution in [0.5, 0.6) is 5.75 Å². The van der Waals surface area contributed by atoms with E-state index in [1.807, 2.05) is 24.3 Å². The van der Waals surface area contributed by atoms with E-state index in [1.165, 1.54) is 12.1 Å². The van der Waals surface area contributed by atoms with Crippen molar-refractivity contribution in [2.75, 3.05) is 19.0 Å². The van der Waals surface area contributed by atoms with Crippen LogP contribution in [0.25, 0.3) is 0 Å². The maximum absolute atomic E-state index is 12.8. The summed E-state index contributed by atoms with van der Waals surface area (Å²) in [5.41, 5.74) is 7.27. The summed E-state index contributed by atoms with van der Waals surface area (Å²) in [7, 11) is 1.58. The summed E-state index contributed by atoms with van der Waals surface area (Å²) in [6.07, 6.45) is -2.49. The van der Waals surface area contributed by atoms with Crippen molar-refractivity contribution < 1.29 is 13.5 Å². The van der Waals surface area contributed by atoms with Crippen molar-refractivity contribution in [3.63, 3.8) is 0 Å². The van der Waals surface area contributed by atoms with Crippen molar-refractivity contribution >= 4 is 5.69 Å². The molecule has 0 spiro atoms. The van der Waals surface area contributed by atoms with Crippen LogP contribution in [-0.2, 0) is 0 Å². The van der Waals surface area contributed by atoms with Gasteiger partial charge in [0.1, 0.15) is 5.75 Å². The van der Waals surface area contributed by atoms with E-state index in [2.05, 4.69) is 5.32 Å². The molecule has 0 heterocycles. The molecule has 5 heteroatoms. The summed E-state index contributed by atoms with van der Waals surface area (Å²) in [5, 5.41) is 3.24. The second-order valence-corrected chi connectivity index (χ2v) is 4.60. The Balaban J connectivity index is 2.25. The monoisotopic (exact) mass is 292 g/mol. The van der Waals surface area contributed by atoms with Crippen LogP contribution < -0.4 is 15.8 Å². The molecule has 0 radical (unpaired) electrons. The van der Waals surface area contributed by atoms with E-state index < -0.39 is 6.43 Å². The summed E-state index contributed by atoms with van der Waals surface area (Å²) >= 11 is 0. The van der Waals surface area contributed by atoms with Crippen molar-refractivity contribution in [1.82, 2.24) is 0 Å². The van der Waals surface area contributed by atoms with Gasteiger partial charge < -0.3 is 15.8 Å². The number of nitrogens with one attached hydrogen (secondary N) is 1. The highest BCUT2D eigenvalue weighted by Crippen LogP contribution is 2.29. The van der Waals surface area contributed by atoms with Gasteiger partial charge in [0.15, 0.2) is 0 Å². The molecule has 2 rings (SSSR count). The Bertz CT molecular complexity index is 590. The maximum atomic E-state index is 12.8. The van der Waals surface area contributed by atoms with E-state index in [-0.39, 0.29) is 18.2 Å². The lowest BCUT2D eigenvalue weighted by atomic mass is 10.0. The normalized spacial score (nSPS) is 12.2. The minimum absolute atomic E-state index is 0.00669. The molecular formula is C16H18F2N2O. The van der Waals surface area contributed by atoms with E-state index >= 15 is 0 Å². The van der Waals surface area contributed by atoms with E-state index in [9.17, 15) is 8.78 Å². The number of anilines is 1. The molecule has 0 aliphatic carbocycles. The van der Waals surface area contributed by atoms with Gasteiger partial charge in [-0.3, -0.25) is 0 Å². The first-order valence-electron chi connectivity index (χ1n) is 6.63. The van der Waals surface area contributed by atoms with Gasteiger partial charge in [-0.15, -0.1) is 0 Å². The number of halogens is 2. The number of hydrogen-bond donors (Lipinski definition) is 2. The molecule has 0 saturated carbocycles. The largest absolute Gasteiger partial charge is 0.495 e. The van der Waals surface area contributed by atoms with Gasteiger partial charge in [0.25, 0.3) is 6.43 Å². The molecule has 2 aromatic carbocycles. The number of ether oxygens (including phenoxy) is 1. The quantitative estimate of drug-likeness (QED) is 0.852. The molecular weight excluding hydrogens is 274 g/mol. The molecule has 0 fully saturated rings. The molecule has 0 bridgehead atoms. The van der Waals surface area contributed by atoms with E-state index in [0.29, 0.717) is 5.75 Å². The zero-order valence-electron chi connectivity index (χ0n) is 11.7. The molecule has 2 aromatic rings. The van der Waals surface area contributed by atoms with E-state index in [0.717, 1.165) is 11.3 Å². The third-order valence-electron chi connectivity index (χ3n) is 3.24. The van der Waals surface area contributed by atoms with Gasteiger partial charge in [-0.2, -0.15) is 0 Å². The smallest absolute Gasteiger partial charge is 0.263 e. The molecule has 1 atom stereocenters. The second-order valence-electron chi connectivity index (χ2n) is 4.60. The third kappa shape index (κ3) is 3.70. The molecule has 0 saturated heterocycles. The van der Waals surface area contributed by atoms with Crippen LogP contribution in [-0.4, -0.2) is 13.7 Å². The van der Waals surface area contributed by atoms with Crippen LogP contribution in [0.15, 0.2) is 48.5 Å². The molecule has 3 N–H and O–H groups in total.